The predicted octanol–water partition coefficient (Wildman–Crippen LogP) is 2.78. The lowest BCUT2D eigenvalue weighted by molar-refractivity contribution is -0.139. The zero-order chi connectivity index (χ0) is 19.4. The van der Waals surface area contributed by atoms with Crippen LogP contribution in [0.2, 0.25) is 0 Å². The molecule has 1 aromatic carbocycles. The number of anilines is 1. The summed E-state index contributed by atoms with van der Waals surface area (Å²) in [5.74, 6) is -4.34. The van der Waals surface area contributed by atoms with E-state index in [0.29, 0.717) is 0 Å². The molecule has 1 aliphatic rings. The van der Waals surface area contributed by atoms with Gasteiger partial charge in [0.15, 0.2) is 5.82 Å². The summed E-state index contributed by atoms with van der Waals surface area (Å²) in [4.78, 5) is 37.1. The molecule has 26 heavy (non-hydrogen) atoms. The summed E-state index contributed by atoms with van der Waals surface area (Å²) < 4.78 is 23.7. The van der Waals surface area contributed by atoms with E-state index in [4.69, 9.17) is 4.74 Å². The van der Waals surface area contributed by atoms with Crippen LogP contribution in [0.5, 0.6) is 0 Å². The second-order valence-corrected chi connectivity index (χ2v) is 5.73. The summed E-state index contributed by atoms with van der Waals surface area (Å²) in [5.41, 5.74) is -1.34. The van der Waals surface area contributed by atoms with Crippen LogP contribution in [0.4, 0.5) is 10.1 Å². The molecule has 0 bridgehead atoms. The summed E-state index contributed by atoms with van der Waals surface area (Å²) in [7, 11) is 2.23. The van der Waals surface area contributed by atoms with Crippen LogP contribution in [-0.2, 0) is 19.1 Å². The maximum atomic E-state index is 14.4. The molecule has 1 aliphatic heterocycles. The molecule has 0 aliphatic carbocycles. The van der Waals surface area contributed by atoms with Gasteiger partial charge in [-0.2, -0.15) is 0 Å². The standard InChI is InChI=1S/C17H13BrFNO6/c1-25-16(23)9-5-3-4-8-20(14(9)17(24)26-2)11-7-6-10(18)13(19)12(11)15(21)22/h3-8H,1-2H3,(H,21,22). The number of benzene rings is 1. The van der Waals surface area contributed by atoms with Gasteiger partial charge in [0.2, 0.25) is 0 Å². The lowest BCUT2D eigenvalue weighted by Crippen LogP contribution is -2.28. The van der Waals surface area contributed by atoms with Crippen LogP contribution in [-0.4, -0.2) is 37.2 Å². The van der Waals surface area contributed by atoms with Crippen molar-refractivity contribution in [1.29, 1.82) is 0 Å². The van der Waals surface area contributed by atoms with Gasteiger partial charge in [0.25, 0.3) is 0 Å². The van der Waals surface area contributed by atoms with Gasteiger partial charge in [-0.15, -0.1) is 0 Å². The SMILES string of the molecule is COC(=O)C1=C(C(=O)OC)N(c2ccc(Br)c(F)c2C(=O)O)C=CC=C1. The minimum absolute atomic E-state index is 0.0626. The zero-order valence-corrected chi connectivity index (χ0v) is 15.2. The third kappa shape index (κ3) is 3.52. The highest BCUT2D eigenvalue weighted by Crippen LogP contribution is 2.33. The Morgan fingerprint density at radius 2 is 1.77 bits per heavy atom. The maximum Gasteiger partial charge on any atom is 0.355 e. The number of allylic oxidation sites excluding steroid dienone is 2. The fourth-order valence-corrected chi connectivity index (χ4v) is 2.63. The van der Waals surface area contributed by atoms with Crippen molar-refractivity contribution in [3.8, 4) is 0 Å². The first-order chi connectivity index (χ1) is 12.3. The molecule has 0 saturated heterocycles. The summed E-state index contributed by atoms with van der Waals surface area (Å²) in [6, 6.07) is 2.58. The molecule has 0 radical (unpaired) electrons. The highest BCUT2D eigenvalue weighted by atomic mass is 79.9. The number of methoxy groups -OCH3 is 2. The van der Waals surface area contributed by atoms with Gasteiger partial charge >= 0.3 is 17.9 Å². The largest absolute Gasteiger partial charge is 0.478 e. The normalized spacial score (nSPS) is 13.5. The number of halogens is 2. The van der Waals surface area contributed by atoms with Crippen LogP contribution in [0.3, 0.4) is 0 Å². The van der Waals surface area contributed by atoms with Crippen molar-refractivity contribution in [2.24, 2.45) is 0 Å². The molecule has 0 fully saturated rings. The van der Waals surface area contributed by atoms with Gasteiger partial charge in [-0.05, 0) is 40.2 Å². The Balaban J connectivity index is 2.82. The van der Waals surface area contributed by atoms with E-state index in [2.05, 4.69) is 20.7 Å². The van der Waals surface area contributed by atoms with Crippen molar-refractivity contribution in [1.82, 2.24) is 0 Å². The van der Waals surface area contributed by atoms with Crippen molar-refractivity contribution in [3.63, 3.8) is 0 Å². The number of rotatable bonds is 4. The van der Waals surface area contributed by atoms with Crippen LogP contribution in [0.1, 0.15) is 10.4 Å². The fraction of sp³-hybridized carbons (Fsp3) is 0.118. The third-order valence-corrected chi connectivity index (χ3v) is 4.05. The third-order valence-electron chi connectivity index (χ3n) is 3.44. The van der Waals surface area contributed by atoms with Crippen molar-refractivity contribution >= 4 is 39.5 Å². The van der Waals surface area contributed by atoms with E-state index in [0.717, 1.165) is 19.1 Å². The van der Waals surface area contributed by atoms with Crippen LogP contribution in [0.15, 0.2) is 52.3 Å². The van der Waals surface area contributed by atoms with E-state index < -0.39 is 29.3 Å². The van der Waals surface area contributed by atoms with E-state index in [9.17, 15) is 23.9 Å². The highest BCUT2D eigenvalue weighted by Gasteiger charge is 2.31. The summed E-state index contributed by atoms with van der Waals surface area (Å²) >= 11 is 2.93. The fourth-order valence-electron chi connectivity index (χ4n) is 2.30. The predicted molar refractivity (Wildman–Crippen MR) is 92.9 cm³/mol. The second-order valence-electron chi connectivity index (χ2n) is 4.88. The first-order valence-corrected chi connectivity index (χ1v) is 7.89. The van der Waals surface area contributed by atoms with Crippen LogP contribution < -0.4 is 4.90 Å². The minimum atomic E-state index is -1.55. The molecule has 1 aromatic rings. The number of carboxylic acids is 1. The van der Waals surface area contributed by atoms with Gasteiger partial charge in [-0.1, -0.05) is 6.08 Å². The Morgan fingerprint density at radius 1 is 1.12 bits per heavy atom. The number of esters is 2. The van der Waals surface area contributed by atoms with E-state index in [-0.39, 0.29) is 21.4 Å². The number of ether oxygens (including phenoxy) is 2. The molecular formula is C17H13BrFNO6. The zero-order valence-electron chi connectivity index (χ0n) is 13.7. The molecule has 0 amide bonds. The van der Waals surface area contributed by atoms with Gasteiger partial charge in [0.1, 0.15) is 11.3 Å². The van der Waals surface area contributed by atoms with Crippen molar-refractivity contribution < 1.29 is 33.4 Å². The number of hydrogen-bond acceptors (Lipinski definition) is 6. The minimum Gasteiger partial charge on any atom is -0.478 e. The average Bonchev–Trinajstić information content (AvgIpc) is 2.84. The number of carbonyl (C=O) groups is 3. The molecule has 0 unspecified atom stereocenters. The number of aromatic carboxylic acids is 1. The van der Waals surface area contributed by atoms with Crippen molar-refractivity contribution in [3.05, 3.63) is 63.7 Å². The number of carboxylic acid groups (broad SMARTS) is 1. The first-order valence-electron chi connectivity index (χ1n) is 7.09. The van der Waals surface area contributed by atoms with Gasteiger partial charge in [-0.25, -0.2) is 18.8 Å². The number of nitrogens with zero attached hydrogens (tertiary/aromatic N) is 1. The average molecular weight is 426 g/mol. The molecule has 0 aromatic heterocycles. The van der Waals surface area contributed by atoms with Crippen molar-refractivity contribution in [2.45, 2.75) is 0 Å². The van der Waals surface area contributed by atoms with Crippen LogP contribution >= 0.6 is 15.9 Å². The molecule has 0 spiro atoms. The molecule has 7 nitrogen and oxygen atoms in total. The Bertz CT molecular complexity index is 874. The van der Waals surface area contributed by atoms with Crippen LogP contribution in [0.25, 0.3) is 0 Å². The molecule has 2 rings (SSSR count). The quantitative estimate of drug-likeness (QED) is 0.741. The molecule has 0 atom stereocenters. The van der Waals surface area contributed by atoms with E-state index in [1.165, 1.54) is 36.6 Å². The molecular weight excluding hydrogens is 413 g/mol. The van der Waals surface area contributed by atoms with E-state index >= 15 is 0 Å². The number of carbonyl (C=O) groups excluding carboxylic acids is 2. The Hall–Kier alpha value is -2.94. The molecule has 9 heteroatoms. The Labute approximate surface area is 156 Å². The lowest BCUT2D eigenvalue weighted by Gasteiger charge is -2.24. The van der Waals surface area contributed by atoms with Gasteiger partial charge in [0.05, 0.1) is 30.0 Å². The summed E-state index contributed by atoms with van der Waals surface area (Å²) in [6.45, 7) is 0. The van der Waals surface area contributed by atoms with Crippen molar-refractivity contribution in [2.75, 3.05) is 19.1 Å². The van der Waals surface area contributed by atoms with E-state index in [1.54, 1.807) is 0 Å². The smallest absolute Gasteiger partial charge is 0.355 e. The Morgan fingerprint density at radius 3 is 2.35 bits per heavy atom. The highest BCUT2D eigenvalue weighted by molar-refractivity contribution is 9.10. The monoisotopic (exact) mass is 425 g/mol. The van der Waals surface area contributed by atoms with Gasteiger partial charge < -0.3 is 19.5 Å². The molecule has 0 saturated carbocycles. The molecule has 136 valence electrons. The summed E-state index contributed by atoms with van der Waals surface area (Å²) in [6.07, 6.45) is 5.52. The van der Waals surface area contributed by atoms with Crippen LogP contribution in [0, 0.1) is 5.82 Å². The second kappa shape index (κ2) is 7.96. The van der Waals surface area contributed by atoms with Gasteiger partial charge in [-0.3, -0.25) is 0 Å². The topological polar surface area (TPSA) is 93.1 Å². The first kappa shape index (κ1) is 19.4. The maximum absolute atomic E-state index is 14.4. The molecule has 1 N–H and O–H groups in total. The lowest BCUT2D eigenvalue weighted by atomic mass is 10.1. The molecule has 1 heterocycles. The van der Waals surface area contributed by atoms with Gasteiger partial charge in [0, 0.05) is 6.20 Å². The number of hydrogen-bond donors (Lipinski definition) is 1. The summed E-state index contributed by atoms with van der Waals surface area (Å²) in [5, 5.41) is 9.42. The van der Waals surface area contributed by atoms with E-state index in [1.807, 2.05) is 0 Å². The Kier molecular flexibility index (Phi) is 5.93.